The molecule has 0 radical (unpaired) electrons. The van der Waals surface area contributed by atoms with Crippen molar-refractivity contribution in [3.05, 3.63) is 229 Å². The highest BCUT2D eigenvalue weighted by Gasteiger charge is 2.44. The van der Waals surface area contributed by atoms with Gasteiger partial charge in [-0.05, 0) is 178 Å². The molecule has 0 aliphatic heterocycles. The van der Waals surface area contributed by atoms with Gasteiger partial charge < -0.3 is 9.80 Å². The molecule has 0 spiro atoms. The Morgan fingerprint density at radius 2 is 0.589 bits per heavy atom. The van der Waals surface area contributed by atoms with E-state index in [4.69, 9.17) is 0 Å². The standard InChI is InChI=1S/C70H70N2S/c1-5-9-43-69(44-10-6-2)63-47-51(33-37-59(63)61-39-35-57(49-65(61)69)71(53-25-17-13-18-26-53)54-27-19-14-20-28-54)67-41-42-68(73-67)52-34-38-60-62-40-36-58(72(55-29-21-15-22-30-55)56-31-23-16-24-32-56)50-66(62)70(45-11-7-3,46-12-8-4)64(60)48-52/h13-42,47-50H,5-12,43-46H2,1-4H3. The Kier molecular flexibility index (Phi) is 14.1. The smallest absolute Gasteiger partial charge is 0.0465 e. The van der Waals surface area contributed by atoms with E-state index in [-0.39, 0.29) is 10.8 Å². The van der Waals surface area contributed by atoms with Crippen molar-refractivity contribution in [3.63, 3.8) is 0 Å². The number of hydrogen-bond acceptors (Lipinski definition) is 3. The molecule has 0 saturated heterocycles. The summed E-state index contributed by atoms with van der Waals surface area (Å²) >= 11 is 1.96. The van der Waals surface area contributed by atoms with Crippen LogP contribution in [0.25, 0.3) is 43.1 Å². The van der Waals surface area contributed by atoms with Crippen molar-refractivity contribution < 1.29 is 0 Å². The van der Waals surface area contributed by atoms with Crippen LogP contribution in [0.2, 0.25) is 0 Å². The fraction of sp³-hybridized carbons (Fsp3) is 0.257. The van der Waals surface area contributed by atoms with Crippen LogP contribution in [0.5, 0.6) is 0 Å². The third-order valence-electron chi connectivity index (χ3n) is 16.3. The predicted octanol–water partition coefficient (Wildman–Crippen LogP) is 21.3. The van der Waals surface area contributed by atoms with Crippen LogP contribution < -0.4 is 9.80 Å². The normalized spacial score (nSPS) is 13.5. The van der Waals surface area contributed by atoms with Crippen LogP contribution >= 0.6 is 11.3 Å². The minimum absolute atomic E-state index is 0.0593. The molecule has 0 bridgehead atoms. The van der Waals surface area contributed by atoms with Crippen molar-refractivity contribution in [2.45, 2.75) is 116 Å². The molecule has 0 atom stereocenters. The monoisotopic (exact) mass is 971 g/mol. The van der Waals surface area contributed by atoms with Gasteiger partial charge in [0, 0.05) is 54.7 Å². The largest absolute Gasteiger partial charge is 0.310 e. The molecule has 73 heavy (non-hydrogen) atoms. The number of benzene rings is 8. The van der Waals surface area contributed by atoms with Crippen molar-refractivity contribution in [2.24, 2.45) is 0 Å². The molecule has 2 nitrogen and oxygen atoms in total. The number of nitrogens with zero attached hydrogens (tertiary/aromatic N) is 2. The van der Waals surface area contributed by atoms with E-state index in [1.165, 1.54) is 151 Å². The number of anilines is 6. The van der Waals surface area contributed by atoms with Crippen molar-refractivity contribution in [1.29, 1.82) is 0 Å². The number of fused-ring (bicyclic) bond motifs is 6. The van der Waals surface area contributed by atoms with Gasteiger partial charge in [-0.3, -0.25) is 0 Å². The molecule has 0 saturated carbocycles. The van der Waals surface area contributed by atoms with Crippen LogP contribution in [0.1, 0.15) is 127 Å². The predicted molar refractivity (Wildman–Crippen MR) is 315 cm³/mol. The SMILES string of the molecule is CCCCC1(CCCC)c2cc(-c3ccc(-c4ccc5c(c4)C(CCCC)(CCCC)c4cc(N(c6ccccc6)c6ccccc6)ccc4-5)s3)ccc2-c2ccc(N(c3ccccc3)c3ccccc3)cc21. The number of para-hydroxylation sites is 4. The molecular formula is C70H70N2S. The molecule has 11 rings (SSSR count). The van der Waals surface area contributed by atoms with E-state index in [2.05, 4.69) is 244 Å². The third-order valence-corrected chi connectivity index (χ3v) is 17.4. The average molecular weight is 971 g/mol. The summed E-state index contributed by atoms with van der Waals surface area (Å²) in [5.41, 5.74) is 21.3. The van der Waals surface area contributed by atoms with E-state index in [0.29, 0.717) is 0 Å². The molecule has 0 fully saturated rings. The van der Waals surface area contributed by atoms with Crippen LogP contribution in [0.15, 0.2) is 206 Å². The fourth-order valence-electron chi connectivity index (χ4n) is 12.6. The van der Waals surface area contributed by atoms with Gasteiger partial charge in [-0.25, -0.2) is 0 Å². The molecule has 9 aromatic rings. The first-order chi connectivity index (χ1) is 36.0. The average Bonchev–Trinajstić information content (AvgIpc) is 4.13. The van der Waals surface area contributed by atoms with Gasteiger partial charge in [0.05, 0.1) is 0 Å². The Morgan fingerprint density at radius 1 is 0.301 bits per heavy atom. The maximum Gasteiger partial charge on any atom is 0.0465 e. The second-order valence-electron chi connectivity index (χ2n) is 20.7. The maximum absolute atomic E-state index is 2.60. The zero-order valence-corrected chi connectivity index (χ0v) is 44.2. The van der Waals surface area contributed by atoms with Crippen molar-refractivity contribution >= 4 is 45.5 Å². The Labute approximate surface area is 440 Å². The Morgan fingerprint density at radius 3 is 0.890 bits per heavy atom. The van der Waals surface area contributed by atoms with Gasteiger partial charge in [-0.1, -0.05) is 188 Å². The van der Waals surface area contributed by atoms with E-state index in [0.717, 1.165) is 25.7 Å². The summed E-state index contributed by atoms with van der Waals surface area (Å²) < 4.78 is 0. The highest BCUT2D eigenvalue weighted by Crippen LogP contribution is 2.59. The molecule has 366 valence electrons. The highest BCUT2D eigenvalue weighted by atomic mass is 32.1. The minimum atomic E-state index is -0.0593. The van der Waals surface area contributed by atoms with Gasteiger partial charge in [0.2, 0.25) is 0 Å². The summed E-state index contributed by atoms with van der Waals surface area (Å²) in [4.78, 5) is 7.55. The molecule has 2 aliphatic carbocycles. The molecule has 2 aliphatic rings. The van der Waals surface area contributed by atoms with Crippen LogP contribution in [0.4, 0.5) is 34.1 Å². The Hall–Kier alpha value is -6.94. The van der Waals surface area contributed by atoms with Crippen molar-refractivity contribution in [2.75, 3.05) is 9.80 Å². The number of hydrogen-bond donors (Lipinski definition) is 0. The lowest BCUT2D eigenvalue weighted by atomic mass is 9.70. The van der Waals surface area contributed by atoms with Crippen LogP contribution in [0, 0.1) is 0 Å². The lowest BCUT2D eigenvalue weighted by Gasteiger charge is -2.34. The zero-order valence-electron chi connectivity index (χ0n) is 43.4. The highest BCUT2D eigenvalue weighted by molar-refractivity contribution is 7.18. The van der Waals surface area contributed by atoms with Gasteiger partial charge in [0.15, 0.2) is 0 Å². The molecule has 3 heteroatoms. The molecule has 0 amide bonds. The van der Waals surface area contributed by atoms with Crippen LogP contribution in [-0.4, -0.2) is 0 Å². The second-order valence-corrected chi connectivity index (χ2v) is 21.8. The van der Waals surface area contributed by atoms with Crippen molar-refractivity contribution in [1.82, 2.24) is 0 Å². The van der Waals surface area contributed by atoms with E-state index in [1.807, 2.05) is 11.3 Å². The van der Waals surface area contributed by atoms with Gasteiger partial charge in [-0.15, -0.1) is 11.3 Å². The first-order valence-corrected chi connectivity index (χ1v) is 28.3. The fourth-order valence-corrected chi connectivity index (χ4v) is 13.6. The van der Waals surface area contributed by atoms with E-state index in [9.17, 15) is 0 Å². The van der Waals surface area contributed by atoms with Gasteiger partial charge in [0.25, 0.3) is 0 Å². The maximum atomic E-state index is 2.60. The molecule has 1 heterocycles. The van der Waals surface area contributed by atoms with Crippen LogP contribution in [-0.2, 0) is 10.8 Å². The molecule has 1 aromatic heterocycles. The Balaban J connectivity index is 0.979. The van der Waals surface area contributed by atoms with Gasteiger partial charge >= 0.3 is 0 Å². The molecule has 0 N–H and O–H groups in total. The lowest BCUT2D eigenvalue weighted by Crippen LogP contribution is -2.26. The van der Waals surface area contributed by atoms with Crippen molar-refractivity contribution in [3.8, 4) is 43.1 Å². The van der Waals surface area contributed by atoms with E-state index in [1.54, 1.807) is 0 Å². The second kappa shape index (κ2) is 21.3. The summed E-state index contributed by atoms with van der Waals surface area (Å²) in [6.45, 7) is 9.42. The number of rotatable bonds is 20. The summed E-state index contributed by atoms with van der Waals surface area (Å²) in [6, 6.07) is 78.0. The lowest BCUT2D eigenvalue weighted by molar-refractivity contribution is 0.414. The molecule has 8 aromatic carbocycles. The van der Waals surface area contributed by atoms with Crippen LogP contribution in [0.3, 0.4) is 0 Å². The van der Waals surface area contributed by atoms with E-state index >= 15 is 0 Å². The first kappa shape index (κ1) is 48.3. The summed E-state index contributed by atoms with van der Waals surface area (Å²) in [5.74, 6) is 0. The van der Waals surface area contributed by atoms with E-state index < -0.39 is 0 Å². The summed E-state index contributed by atoms with van der Waals surface area (Å²) in [5, 5.41) is 0. The first-order valence-electron chi connectivity index (χ1n) is 27.5. The number of thiophene rings is 1. The topological polar surface area (TPSA) is 6.48 Å². The Bertz CT molecular complexity index is 2980. The third kappa shape index (κ3) is 8.95. The molecular weight excluding hydrogens is 901 g/mol. The number of unbranched alkanes of at least 4 members (excludes halogenated alkanes) is 4. The molecule has 0 unspecified atom stereocenters. The summed E-state index contributed by atoms with van der Waals surface area (Å²) in [7, 11) is 0. The quantitative estimate of drug-likeness (QED) is 0.0751. The van der Waals surface area contributed by atoms with Gasteiger partial charge in [0.1, 0.15) is 0 Å². The van der Waals surface area contributed by atoms with Gasteiger partial charge in [-0.2, -0.15) is 0 Å². The minimum Gasteiger partial charge on any atom is -0.310 e. The zero-order chi connectivity index (χ0) is 49.8. The summed E-state index contributed by atoms with van der Waals surface area (Å²) in [6.07, 6.45) is 14.1.